The maximum Gasteiger partial charge on any atom is 0.252 e. The van der Waals surface area contributed by atoms with Crippen LogP contribution in [0.5, 0.6) is 0 Å². The van der Waals surface area contributed by atoms with Gasteiger partial charge in [-0.15, -0.1) is 23.7 Å². The molecule has 0 saturated carbocycles. The number of rotatable bonds is 5. The van der Waals surface area contributed by atoms with Crippen molar-refractivity contribution in [3.05, 3.63) is 17.0 Å². The predicted molar refractivity (Wildman–Crippen MR) is 89.6 cm³/mol. The molecule has 0 aliphatic carbocycles. The number of halogens is 1. The van der Waals surface area contributed by atoms with Gasteiger partial charge < -0.3 is 11.1 Å². The van der Waals surface area contributed by atoms with Crippen LogP contribution >= 0.6 is 23.7 Å². The summed E-state index contributed by atoms with van der Waals surface area (Å²) >= 11 is 1.20. The molecular formula is C13H22ClN3O3S2. The molecule has 1 atom stereocenters. The van der Waals surface area contributed by atoms with Crippen LogP contribution in [0.1, 0.15) is 25.1 Å². The number of nitrogens with zero attached hydrogens (tertiary/aromatic N) is 1. The van der Waals surface area contributed by atoms with Gasteiger partial charge in [0.05, 0.1) is 6.54 Å². The first kappa shape index (κ1) is 19.4. The lowest BCUT2D eigenvalue weighted by atomic mass is 9.90. The van der Waals surface area contributed by atoms with Crippen LogP contribution < -0.4 is 11.1 Å². The smallest absolute Gasteiger partial charge is 0.252 e. The van der Waals surface area contributed by atoms with Crippen LogP contribution in [0.2, 0.25) is 0 Å². The van der Waals surface area contributed by atoms with E-state index >= 15 is 0 Å². The number of carbonyl (C=O) groups is 1. The van der Waals surface area contributed by atoms with Gasteiger partial charge in [0.15, 0.2) is 0 Å². The number of hydrogen-bond acceptors (Lipinski definition) is 5. The van der Waals surface area contributed by atoms with Crippen molar-refractivity contribution < 1.29 is 13.2 Å². The minimum absolute atomic E-state index is 0. The molecule has 1 aromatic heterocycles. The van der Waals surface area contributed by atoms with Crippen molar-refractivity contribution >= 4 is 39.7 Å². The van der Waals surface area contributed by atoms with Gasteiger partial charge in [-0.25, -0.2) is 8.42 Å². The van der Waals surface area contributed by atoms with Crippen molar-refractivity contribution in [2.75, 3.05) is 19.6 Å². The van der Waals surface area contributed by atoms with Gasteiger partial charge in [-0.05, 0) is 30.5 Å². The van der Waals surface area contributed by atoms with E-state index in [0.717, 1.165) is 11.3 Å². The van der Waals surface area contributed by atoms with Gasteiger partial charge in [0.25, 0.3) is 10.0 Å². The lowest BCUT2D eigenvalue weighted by Crippen LogP contribution is -2.34. The van der Waals surface area contributed by atoms with Crippen LogP contribution in [0.4, 0.5) is 0 Å². The van der Waals surface area contributed by atoms with E-state index in [1.54, 1.807) is 12.1 Å². The highest BCUT2D eigenvalue weighted by Gasteiger charge is 2.39. The summed E-state index contributed by atoms with van der Waals surface area (Å²) in [6.45, 7) is 5.26. The molecule has 1 unspecified atom stereocenters. The number of nitrogens with one attached hydrogen (secondary N) is 1. The van der Waals surface area contributed by atoms with Gasteiger partial charge in [-0.3, -0.25) is 4.79 Å². The van der Waals surface area contributed by atoms with Crippen molar-refractivity contribution in [1.29, 1.82) is 0 Å². The van der Waals surface area contributed by atoms with E-state index in [9.17, 15) is 13.2 Å². The third kappa shape index (κ3) is 4.20. The molecule has 0 radical (unpaired) electrons. The Bertz CT molecular complexity index is 632. The number of sulfonamides is 1. The topological polar surface area (TPSA) is 92.5 Å². The molecule has 9 heteroatoms. The molecule has 0 bridgehead atoms. The summed E-state index contributed by atoms with van der Waals surface area (Å²) in [6.07, 6.45) is 0.785. The van der Waals surface area contributed by atoms with Gasteiger partial charge in [-0.1, -0.05) is 6.92 Å². The monoisotopic (exact) mass is 367 g/mol. The summed E-state index contributed by atoms with van der Waals surface area (Å²) in [4.78, 5) is 11.7. The fourth-order valence-electron chi connectivity index (χ4n) is 2.28. The summed E-state index contributed by atoms with van der Waals surface area (Å²) in [5.74, 6) is -0.133. The normalized spacial score (nSPS) is 22.3. The van der Waals surface area contributed by atoms with Crippen molar-refractivity contribution in [3.63, 3.8) is 0 Å². The summed E-state index contributed by atoms with van der Waals surface area (Å²) < 4.78 is 27.0. The first-order valence-electron chi connectivity index (χ1n) is 6.80. The molecule has 126 valence electrons. The summed E-state index contributed by atoms with van der Waals surface area (Å²) in [5.41, 5.74) is 5.59. The highest BCUT2D eigenvalue weighted by molar-refractivity contribution is 7.91. The van der Waals surface area contributed by atoms with E-state index in [4.69, 9.17) is 5.73 Å². The largest absolute Gasteiger partial charge is 0.351 e. The molecule has 6 nitrogen and oxygen atoms in total. The SMILES string of the molecule is CC(=O)NCc1ccc(S(=O)(=O)N2CCC(C)(CN)C2)s1.Cl. The Hall–Kier alpha value is -0.670. The van der Waals surface area contributed by atoms with Crippen molar-refractivity contribution in [1.82, 2.24) is 9.62 Å². The number of amides is 1. The molecule has 2 rings (SSSR count). The Morgan fingerprint density at radius 3 is 2.73 bits per heavy atom. The fraction of sp³-hybridized carbons (Fsp3) is 0.615. The fourth-order valence-corrected chi connectivity index (χ4v) is 5.32. The summed E-state index contributed by atoms with van der Waals surface area (Å²) in [5, 5.41) is 2.66. The van der Waals surface area contributed by atoms with Gasteiger partial charge >= 0.3 is 0 Å². The molecule has 1 aliphatic rings. The zero-order chi connectivity index (χ0) is 15.7. The highest BCUT2D eigenvalue weighted by Crippen LogP contribution is 2.34. The predicted octanol–water partition coefficient (Wildman–Crippen LogP) is 1.17. The quantitative estimate of drug-likeness (QED) is 0.816. The van der Waals surface area contributed by atoms with Crippen LogP contribution in [0.3, 0.4) is 0 Å². The lowest BCUT2D eigenvalue weighted by Gasteiger charge is -2.21. The van der Waals surface area contributed by atoms with Gasteiger partial charge in [-0.2, -0.15) is 4.31 Å². The molecule has 2 heterocycles. The number of hydrogen-bond donors (Lipinski definition) is 2. The molecule has 0 spiro atoms. The highest BCUT2D eigenvalue weighted by atomic mass is 35.5. The second-order valence-electron chi connectivity index (χ2n) is 5.73. The second-order valence-corrected chi connectivity index (χ2v) is 9.07. The van der Waals surface area contributed by atoms with Crippen LogP contribution in [0.15, 0.2) is 16.3 Å². The van der Waals surface area contributed by atoms with Crippen LogP contribution in [0, 0.1) is 5.41 Å². The third-order valence-corrected chi connectivity index (χ3v) is 7.16. The third-order valence-electron chi connectivity index (χ3n) is 3.76. The summed E-state index contributed by atoms with van der Waals surface area (Å²) in [7, 11) is -3.45. The maximum atomic E-state index is 12.6. The molecule has 1 aliphatic heterocycles. The molecule has 1 amide bonds. The van der Waals surface area contributed by atoms with E-state index in [1.165, 1.54) is 22.6 Å². The minimum atomic E-state index is -3.45. The van der Waals surface area contributed by atoms with Crippen LogP contribution in [-0.2, 0) is 21.4 Å². The molecule has 22 heavy (non-hydrogen) atoms. The molecular weight excluding hydrogens is 346 g/mol. The van der Waals surface area contributed by atoms with Gasteiger partial charge in [0.1, 0.15) is 4.21 Å². The first-order valence-corrected chi connectivity index (χ1v) is 9.06. The Morgan fingerprint density at radius 1 is 1.50 bits per heavy atom. The van der Waals surface area contributed by atoms with E-state index in [2.05, 4.69) is 5.32 Å². The molecule has 0 aromatic carbocycles. The first-order chi connectivity index (χ1) is 9.77. The Labute approximate surface area is 141 Å². The van der Waals surface area contributed by atoms with Gasteiger partial charge in [0.2, 0.25) is 5.91 Å². The molecule has 1 aromatic rings. The lowest BCUT2D eigenvalue weighted by molar-refractivity contribution is -0.119. The Morgan fingerprint density at radius 2 is 2.18 bits per heavy atom. The Kier molecular flexibility index (Phi) is 6.40. The zero-order valence-corrected chi connectivity index (χ0v) is 15.1. The zero-order valence-electron chi connectivity index (χ0n) is 12.7. The standard InChI is InChI=1S/C13H21N3O3S2.ClH/c1-10(17)15-7-11-3-4-12(20-11)21(18,19)16-6-5-13(2,8-14)9-16;/h3-4H,5-9,14H2,1-2H3,(H,15,17);1H. The van der Waals surface area contributed by atoms with Crippen molar-refractivity contribution in [3.8, 4) is 0 Å². The van der Waals surface area contributed by atoms with Crippen LogP contribution in [0.25, 0.3) is 0 Å². The number of nitrogens with two attached hydrogens (primary N) is 1. The average molecular weight is 368 g/mol. The van der Waals surface area contributed by atoms with Gasteiger partial charge in [0, 0.05) is 24.9 Å². The molecule has 3 N–H and O–H groups in total. The maximum absolute atomic E-state index is 12.6. The number of thiophene rings is 1. The molecule has 1 saturated heterocycles. The second kappa shape index (κ2) is 7.27. The van der Waals surface area contributed by atoms with Crippen molar-refractivity contribution in [2.24, 2.45) is 11.1 Å². The van der Waals surface area contributed by atoms with E-state index < -0.39 is 10.0 Å². The van der Waals surface area contributed by atoms with Crippen LogP contribution in [-0.4, -0.2) is 38.3 Å². The Balaban J connectivity index is 0.00000242. The summed E-state index contributed by atoms with van der Waals surface area (Å²) in [6, 6.07) is 3.35. The average Bonchev–Trinajstić information content (AvgIpc) is 3.04. The molecule has 1 fully saturated rings. The van der Waals surface area contributed by atoms with Crippen molar-refractivity contribution in [2.45, 2.75) is 31.0 Å². The number of carbonyl (C=O) groups excluding carboxylic acids is 1. The van der Waals surface area contributed by atoms with E-state index in [1.807, 2.05) is 6.92 Å². The minimum Gasteiger partial charge on any atom is -0.351 e. The van der Waals surface area contributed by atoms with E-state index in [0.29, 0.717) is 30.4 Å². The van der Waals surface area contributed by atoms with E-state index in [-0.39, 0.29) is 23.7 Å².